The summed E-state index contributed by atoms with van der Waals surface area (Å²) in [6.07, 6.45) is 0. The molecule has 2 rings (SSSR count). The van der Waals surface area contributed by atoms with E-state index in [1.807, 2.05) is 22.9 Å². The van der Waals surface area contributed by atoms with E-state index in [-0.39, 0.29) is 5.41 Å². The molecule has 0 aliphatic heterocycles. The number of benzene rings is 1. The fraction of sp³-hybridized carbons (Fsp3) is 0.357. The molecule has 0 saturated heterocycles. The predicted molar refractivity (Wildman–Crippen MR) is 81.6 cm³/mol. The third-order valence-electron chi connectivity index (χ3n) is 2.85. The minimum atomic E-state index is 0.0958. The van der Waals surface area contributed by atoms with Crippen molar-refractivity contribution in [3.05, 3.63) is 50.7 Å². The maximum absolute atomic E-state index is 5.39. The molecular formula is C14H17BrN2S. The van der Waals surface area contributed by atoms with Crippen LogP contribution < -0.4 is 0 Å². The molecule has 0 bridgehead atoms. The Morgan fingerprint density at radius 3 is 2.33 bits per heavy atom. The molecular weight excluding hydrogens is 308 g/mol. The second-order valence-corrected chi connectivity index (χ2v) is 6.80. The van der Waals surface area contributed by atoms with Gasteiger partial charge in [-0.3, -0.25) is 4.68 Å². The van der Waals surface area contributed by atoms with Crippen molar-refractivity contribution in [1.29, 1.82) is 0 Å². The summed E-state index contributed by atoms with van der Waals surface area (Å²) in [6.45, 7) is 7.31. The van der Waals surface area contributed by atoms with Gasteiger partial charge >= 0.3 is 0 Å². The summed E-state index contributed by atoms with van der Waals surface area (Å²) in [5, 5.41) is 3.39. The fourth-order valence-electron chi connectivity index (χ4n) is 1.71. The second kappa shape index (κ2) is 5.02. The first-order valence-corrected chi connectivity index (χ1v) is 7.11. The number of hydrogen-bond acceptors (Lipinski definition) is 1. The van der Waals surface area contributed by atoms with Gasteiger partial charge in [0.2, 0.25) is 0 Å². The molecule has 0 fully saturated rings. The van der Waals surface area contributed by atoms with Gasteiger partial charge < -0.3 is 5.10 Å². The van der Waals surface area contributed by atoms with E-state index in [1.54, 1.807) is 0 Å². The maximum Gasteiger partial charge on any atom is 0.122 e. The average molecular weight is 325 g/mol. The van der Waals surface area contributed by atoms with Crippen molar-refractivity contribution < 1.29 is 0 Å². The molecule has 4 heteroatoms. The van der Waals surface area contributed by atoms with E-state index in [4.69, 9.17) is 12.2 Å². The lowest BCUT2D eigenvalue weighted by molar-refractivity contribution is 0.544. The topological polar surface area (TPSA) is 20.7 Å². The molecule has 96 valence electrons. The minimum Gasteiger partial charge on any atom is -0.301 e. The Morgan fingerprint density at radius 2 is 1.83 bits per heavy atom. The highest BCUT2D eigenvalue weighted by Gasteiger charge is 2.16. The highest BCUT2D eigenvalue weighted by Crippen LogP contribution is 2.21. The van der Waals surface area contributed by atoms with Crippen molar-refractivity contribution in [1.82, 2.24) is 9.78 Å². The molecule has 2 aromatic rings. The van der Waals surface area contributed by atoms with E-state index >= 15 is 0 Å². The largest absolute Gasteiger partial charge is 0.301 e. The van der Waals surface area contributed by atoms with Crippen molar-refractivity contribution in [2.45, 2.75) is 32.7 Å². The van der Waals surface area contributed by atoms with E-state index in [9.17, 15) is 0 Å². The Kier molecular flexibility index (Phi) is 3.78. The summed E-state index contributed by atoms with van der Waals surface area (Å²) in [6, 6.07) is 10.3. The Labute approximate surface area is 121 Å². The lowest BCUT2D eigenvalue weighted by Gasteiger charge is -2.15. The van der Waals surface area contributed by atoms with Crippen molar-refractivity contribution in [2.24, 2.45) is 0 Å². The van der Waals surface area contributed by atoms with Crippen LogP contribution in [0, 0.1) is 4.64 Å². The molecule has 0 unspecified atom stereocenters. The summed E-state index contributed by atoms with van der Waals surface area (Å²) in [5.74, 6) is 0. The highest BCUT2D eigenvalue weighted by molar-refractivity contribution is 9.10. The van der Waals surface area contributed by atoms with Crippen LogP contribution in [-0.4, -0.2) is 9.78 Å². The Balaban J connectivity index is 2.27. The number of halogens is 1. The molecule has 0 amide bonds. The van der Waals surface area contributed by atoms with Crippen LogP contribution in [0.25, 0.3) is 0 Å². The molecule has 1 aromatic heterocycles. The molecule has 18 heavy (non-hydrogen) atoms. The second-order valence-electron chi connectivity index (χ2n) is 5.47. The van der Waals surface area contributed by atoms with E-state index in [2.05, 4.69) is 53.9 Å². The fourth-order valence-corrected chi connectivity index (χ4v) is 2.20. The first-order valence-electron chi connectivity index (χ1n) is 5.91. The number of nitrogens with zero attached hydrogens (tertiary/aromatic N) is 1. The SMILES string of the molecule is CC(C)(C)c1cc(=S)n(Cc2ccc(Br)cc2)[nH]1. The zero-order valence-corrected chi connectivity index (χ0v) is 13.2. The quantitative estimate of drug-likeness (QED) is 0.797. The Bertz CT molecular complexity index is 587. The van der Waals surface area contributed by atoms with Crippen molar-refractivity contribution in [3.8, 4) is 0 Å². The Hall–Kier alpha value is -0.870. The molecule has 0 radical (unpaired) electrons. The normalized spacial score (nSPS) is 11.8. The molecule has 0 aliphatic rings. The summed E-state index contributed by atoms with van der Waals surface area (Å²) in [7, 11) is 0. The van der Waals surface area contributed by atoms with Crippen LogP contribution in [0.2, 0.25) is 0 Å². The van der Waals surface area contributed by atoms with Gasteiger partial charge in [-0.1, -0.05) is 61.1 Å². The zero-order chi connectivity index (χ0) is 13.3. The maximum atomic E-state index is 5.39. The number of rotatable bonds is 2. The van der Waals surface area contributed by atoms with Crippen molar-refractivity contribution >= 4 is 28.1 Å². The van der Waals surface area contributed by atoms with Gasteiger partial charge in [-0.05, 0) is 23.8 Å². The van der Waals surface area contributed by atoms with Crippen LogP contribution in [0.15, 0.2) is 34.8 Å². The van der Waals surface area contributed by atoms with Crippen LogP contribution in [0.1, 0.15) is 32.0 Å². The number of aromatic nitrogens is 2. The molecule has 0 atom stereocenters. The summed E-state index contributed by atoms with van der Waals surface area (Å²) < 4.78 is 3.96. The van der Waals surface area contributed by atoms with Gasteiger partial charge in [-0.2, -0.15) is 0 Å². The van der Waals surface area contributed by atoms with E-state index in [0.29, 0.717) is 0 Å². The molecule has 0 saturated carbocycles. The summed E-state index contributed by atoms with van der Waals surface area (Å²) >= 11 is 8.83. The van der Waals surface area contributed by atoms with Gasteiger partial charge in [0.1, 0.15) is 4.64 Å². The first kappa shape index (κ1) is 13.6. The number of nitrogens with one attached hydrogen (secondary N) is 1. The molecule has 2 nitrogen and oxygen atoms in total. The zero-order valence-electron chi connectivity index (χ0n) is 10.8. The van der Waals surface area contributed by atoms with Crippen molar-refractivity contribution in [3.63, 3.8) is 0 Å². The van der Waals surface area contributed by atoms with Gasteiger partial charge in [-0.25, -0.2) is 0 Å². The molecule has 0 aliphatic carbocycles. The monoisotopic (exact) mass is 324 g/mol. The van der Waals surface area contributed by atoms with Crippen LogP contribution in [-0.2, 0) is 12.0 Å². The third kappa shape index (κ3) is 3.12. The van der Waals surface area contributed by atoms with Crippen LogP contribution in [0.5, 0.6) is 0 Å². The summed E-state index contributed by atoms with van der Waals surface area (Å²) in [5.41, 5.74) is 2.50. The molecule has 1 aromatic carbocycles. The third-order valence-corrected chi connectivity index (χ3v) is 3.72. The van der Waals surface area contributed by atoms with Gasteiger partial charge in [0.15, 0.2) is 0 Å². The lowest BCUT2D eigenvalue weighted by atomic mass is 9.93. The van der Waals surface area contributed by atoms with E-state index in [0.717, 1.165) is 15.7 Å². The van der Waals surface area contributed by atoms with Gasteiger partial charge in [0, 0.05) is 15.6 Å². The first-order chi connectivity index (χ1) is 8.36. The number of aromatic amines is 1. The minimum absolute atomic E-state index is 0.0958. The average Bonchev–Trinajstić information content (AvgIpc) is 2.63. The number of hydrogen-bond donors (Lipinski definition) is 1. The summed E-state index contributed by atoms with van der Waals surface area (Å²) in [4.78, 5) is 0. The highest BCUT2D eigenvalue weighted by atomic mass is 79.9. The van der Waals surface area contributed by atoms with Gasteiger partial charge in [-0.15, -0.1) is 0 Å². The Morgan fingerprint density at radius 1 is 1.22 bits per heavy atom. The van der Waals surface area contributed by atoms with Crippen LogP contribution in [0.4, 0.5) is 0 Å². The number of H-pyrrole nitrogens is 1. The standard InChI is InChI=1S/C14H17BrN2S/c1-14(2,3)12-8-13(18)17(16-12)9-10-4-6-11(15)7-5-10/h4-8,16H,9H2,1-3H3. The molecule has 0 spiro atoms. The lowest BCUT2D eigenvalue weighted by Crippen LogP contribution is -2.13. The molecule has 1 heterocycles. The van der Waals surface area contributed by atoms with Crippen LogP contribution >= 0.6 is 28.1 Å². The van der Waals surface area contributed by atoms with Gasteiger partial charge in [0.25, 0.3) is 0 Å². The smallest absolute Gasteiger partial charge is 0.122 e. The van der Waals surface area contributed by atoms with Gasteiger partial charge in [0.05, 0.1) is 6.54 Å². The van der Waals surface area contributed by atoms with Crippen molar-refractivity contribution in [2.75, 3.05) is 0 Å². The van der Waals surface area contributed by atoms with Crippen LogP contribution in [0.3, 0.4) is 0 Å². The van der Waals surface area contributed by atoms with E-state index < -0.39 is 0 Å². The van der Waals surface area contributed by atoms with E-state index in [1.165, 1.54) is 11.3 Å². The molecule has 1 N–H and O–H groups in total. The predicted octanol–water partition coefficient (Wildman–Crippen LogP) is 4.65.